The lowest BCUT2D eigenvalue weighted by molar-refractivity contribution is -0.114. The van der Waals surface area contributed by atoms with Crippen molar-refractivity contribution in [1.82, 2.24) is 19.6 Å². The second-order valence-corrected chi connectivity index (χ2v) is 6.81. The molecule has 0 fully saturated rings. The van der Waals surface area contributed by atoms with Crippen molar-refractivity contribution < 1.29 is 4.79 Å². The zero-order valence-electron chi connectivity index (χ0n) is 13.8. The van der Waals surface area contributed by atoms with E-state index in [1.165, 1.54) is 0 Å². The Morgan fingerprint density at radius 1 is 1.36 bits per heavy atom. The minimum atomic E-state index is -0.133. The Bertz CT molecular complexity index is 1040. The van der Waals surface area contributed by atoms with Crippen LogP contribution in [0.15, 0.2) is 42.7 Å². The summed E-state index contributed by atoms with van der Waals surface area (Å²) in [6, 6.07) is 9.82. The second kappa shape index (κ2) is 6.14. The number of hydrogen-bond donors (Lipinski definition) is 1. The van der Waals surface area contributed by atoms with E-state index in [1.54, 1.807) is 28.2 Å². The third kappa shape index (κ3) is 3.16. The standard InChI is InChI=1S/C17H16N6OS/c1-11-7-15-18-8-12(9-23(15)21-11)19-16(24)10-22(2)17-20-13-5-3-4-6-14(13)25-17/h3-9H,10H2,1-2H3,(H,19,24). The van der Waals surface area contributed by atoms with Crippen molar-refractivity contribution in [3.8, 4) is 0 Å². The van der Waals surface area contributed by atoms with E-state index in [0.717, 1.165) is 26.7 Å². The molecule has 8 heteroatoms. The molecule has 0 aliphatic rings. The van der Waals surface area contributed by atoms with Crippen LogP contribution in [-0.2, 0) is 4.79 Å². The van der Waals surface area contributed by atoms with Gasteiger partial charge in [-0.1, -0.05) is 23.5 Å². The fourth-order valence-corrected chi connectivity index (χ4v) is 3.49. The van der Waals surface area contributed by atoms with Gasteiger partial charge in [-0.3, -0.25) is 4.79 Å². The molecule has 1 N–H and O–H groups in total. The maximum atomic E-state index is 12.3. The Morgan fingerprint density at radius 3 is 3.04 bits per heavy atom. The molecule has 25 heavy (non-hydrogen) atoms. The van der Waals surface area contributed by atoms with Crippen LogP contribution in [0.5, 0.6) is 0 Å². The number of carbonyl (C=O) groups excluding carboxylic acids is 1. The van der Waals surface area contributed by atoms with Gasteiger partial charge in [-0.2, -0.15) is 5.10 Å². The summed E-state index contributed by atoms with van der Waals surface area (Å²) < 4.78 is 2.76. The van der Waals surface area contributed by atoms with Gasteiger partial charge in [0.1, 0.15) is 0 Å². The molecule has 0 aliphatic heterocycles. The predicted molar refractivity (Wildman–Crippen MR) is 99.2 cm³/mol. The zero-order valence-corrected chi connectivity index (χ0v) is 14.6. The SMILES string of the molecule is Cc1cc2ncc(NC(=O)CN(C)c3nc4ccccc4s3)cn2n1. The molecule has 0 spiro atoms. The highest BCUT2D eigenvalue weighted by Crippen LogP contribution is 2.27. The zero-order chi connectivity index (χ0) is 17.4. The molecule has 3 aromatic heterocycles. The molecule has 0 saturated heterocycles. The van der Waals surface area contributed by atoms with Gasteiger partial charge >= 0.3 is 0 Å². The number of aromatic nitrogens is 4. The summed E-state index contributed by atoms with van der Waals surface area (Å²) in [5, 5.41) is 7.96. The fourth-order valence-electron chi connectivity index (χ4n) is 2.57. The van der Waals surface area contributed by atoms with E-state index >= 15 is 0 Å². The maximum Gasteiger partial charge on any atom is 0.244 e. The van der Waals surface area contributed by atoms with Gasteiger partial charge in [-0.25, -0.2) is 14.5 Å². The lowest BCUT2D eigenvalue weighted by atomic mass is 10.3. The van der Waals surface area contributed by atoms with Crippen LogP contribution in [0.25, 0.3) is 15.9 Å². The summed E-state index contributed by atoms with van der Waals surface area (Å²) >= 11 is 1.57. The number of benzene rings is 1. The minimum Gasteiger partial charge on any atom is -0.342 e. The lowest BCUT2D eigenvalue weighted by Crippen LogP contribution is -2.30. The highest BCUT2D eigenvalue weighted by atomic mass is 32.1. The second-order valence-electron chi connectivity index (χ2n) is 5.80. The number of nitrogens with zero attached hydrogens (tertiary/aromatic N) is 5. The summed E-state index contributed by atoms with van der Waals surface area (Å²) in [6.45, 7) is 2.11. The third-order valence-electron chi connectivity index (χ3n) is 3.71. The van der Waals surface area contributed by atoms with Gasteiger partial charge in [-0.15, -0.1) is 0 Å². The van der Waals surface area contributed by atoms with E-state index in [0.29, 0.717) is 5.69 Å². The highest BCUT2D eigenvalue weighted by molar-refractivity contribution is 7.22. The summed E-state index contributed by atoms with van der Waals surface area (Å²) in [6.07, 6.45) is 3.39. The minimum absolute atomic E-state index is 0.133. The number of nitrogens with one attached hydrogen (secondary N) is 1. The molecule has 0 aliphatic carbocycles. The van der Waals surface area contributed by atoms with Crippen molar-refractivity contribution in [1.29, 1.82) is 0 Å². The molecule has 126 valence electrons. The number of aryl methyl sites for hydroxylation is 1. The molecule has 4 rings (SSSR count). The van der Waals surface area contributed by atoms with Gasteiger partial charge in [0.2, 0.25) is 5.91 Å². The van der Waals surface area contributed by atoms with Crippen molar-refractivity contribution in [3.05, 3.63) is 48.4 Å². The van der Waals surface area contributed by atoms with Crippen LogP contribution in [0.1, 0.15) is 5.69 Å². The predicted octanol–water partition coefficient (Wildman–Crippen LogP) is 2.72. The first-order valence-corrected chi connectivity index (χ1v) is 8.59. The molecule has 1 amide bonds. The van der Waals surface area contributed by atoms with Gasteiger partial charge in [0.05, 0.1) is 40.5 Å². The first-order valence-electron chi connectivity index (χ1n) is 7.77. The van der Waals surface area contributed by atoms with Crippen molar-refractivity contribution in [2.75, 3.05) is 23.8 Å². The Labute approximate surface area is 147 Å². The molecule has 1 aromatic carbocycles. The normalized spacial score (nSPS) is 11.1. The fraction of sp³-hybridized carbons (Fsp3) is 0.176. The van der Waals surface area contributed by atoms with Crippen molar-refractivity contribution in [2.24, 2.45) is 0 Å². The first kappa shape index (κ1) is 15.5. The number of thiazole rings is 1. The van der Waals surface area contributed by atoms with E-state index in [-0.39, 0.29) is 12.5 Å². The van der Waals surface area contributed by atoms with E-state index in [1.807, 2.05) is 49.2 Å². The van der Waals surface area contributed by atoms with E-state index in [4.69, 9.17) is 0 Å². The molecular formula is C17H16N6OS. The molecule has 4 aromatic rings. The van der Waals surface area contributed by atoms with E-state index in [2.05, 4.69) is 20.4 Å². The smallest absolute Gasteiger partial charge is 0.244 e. The third-order valence-corrected chi connectivity index (χ3v) is 4.86. The average Bonchev–Trinajstić information content (AvgIpc) is 3.16. The molecule has 0 atom stereocenters. The molecule has 7 nitrogen and oxygen atoms in total. The average molecular weight is 352 g/mol. The van der Waals surface area contributed by atoms with Crippen molar-refractivity contribution in [2.45, 2.75) is 6.92 Å². The number of anilines is 2. The number of para-hydroxylation sites is 1. The molecule has 0 radical (unpaired) electrons. The molecule has 3 heterocycles. The number of amides is 1. The highest BCUT2D eigenvalue weighted by Gasteiger charge is 2.12. The van der Waals surface area contributed by atoms with Gasteiger partial charge in [-0.05, 0) is 19.1 Å². The topological polar surface area (TPSA) is 75.4 Å². The van der Waals surface area contributed by atoms with Gasteiger partial charge < -0.3 is 10.2 Å². The largest absolute Gasteiger partial charge is 0.342 e. The Balaban J connectivity index is 1.46. The Morgan fingerprint density at radius 2 is 2.20 bits per heavy atom. The number of likely N-dealkylation sites (N-methyl/N-ethyl adjacent to an activating group) is 1. The Hall–Kier alpha value is -3.00. The summed E-state index contributed by atoms with van der Waals surface area (Å²) in [7, 11) is 1.86. The molecule has 0 unspecified atom stereocenters. The Kier molecular flexibility index (Phi) is 3.81. The summed E-state index contributed by atoms with van der Waals surface area (Å²) in [4.78, 5) is 23.0. The van der Waals surface area contributed by atoms with Crippen LogP contribution in [0.3, 0.4) is 0 Å². The van der Waals surface area contributed by atoms with Gasteiger partial charge in [0.25, 0.3) is 0 Å². The number of hydrogen-bond acceptors (Lipinski definition) is 6. The maximum absolute atomic E-state index is 12.3. The van der Waals surface area contributed by atoms with Crippen LogP contribution in [0, 0.1) is 6.92 Å². The first-order chi connectivity index (χ1) is 12.1. The van der Waals surface area contributed by atoms with E-state index < -0.39 is 0 Å². The van der Waals surface area contributed by atoms with Crippen molar-refractivity contribution >= 4 is 43.9 Å². The van der Waals surface area contributed by atoms with Crippen LogP contribution in [-0.4, -0.2) is 39.1 Å². The van der Waals surface area contributed by atoms with E-state index in [9.17, 15) is 4.79 Å². The summed E-state index contributed by atoms with van der Waals surface area (Å²) in [5.74, 6) is -0.133. The molecule has 0 bridgehead atoms. The molecule has 0 saturated carbocycles. The molecular weight excluding hydrogens is 336 g/mol. The number of carbonyl (C=O) groups is 1. The quantitative estimate of drug-likeness (QED) is 0.611. The monoisotopic (exact) mass is 352 g/mol. The van der Waals surface area contributed by atoms with Crippen LogP contribution in [0.4, 0.5) is 10.8 Å². The van der Waals surface area contributed by atoms with Crippen molar-refractivity contribution in [3.63, 3.8) is 0 Å². The van der Waals surface area contributed by atoms with Crippen LogP contribution < -0.4 is 10.2 Å². The van der Waals surface area contributed by atoms with Gasteiger partial charge in [0.15, 0.2) is 10.8 Å². The van der Waals surface area contributed by atoms with Crippen LogP contribution >= 0.6 is 11.3 Å². The summed E-state index contributed by atoms with van der Waals surface area (Å²) in [5.41, 5.74) is 3.19. The van der Waals surface area contributed by atoms with Crippen LogP contribution in [0.2, 0.25) is 0 Å². The number of fused-ring (bicyclic) bond motifs is 2. The van der Waals surface area contributed by atoms with Gasteiger partial charge in [0, 0.05) is 13.1 Å². The lowest BCUT2D eigenvalue weighted by Gasteiger charge is -2.15. The number of rotatable bonds is 4.